The van der Waals surface area contributed by atoms with E-state index in [1.54, 1.807) is 23.1 Å². The van der Waals surface area contributed by atoms with Crippen molar-refractivity contribution in [2.24, 2.45) is 11.0 Å². The van der Waals surface area contributed by atoms with Crippen LogP contribution in [0.25, 0.3) is 0 Å². The van der Waals surface area contributed by atoms with Gasteiger partial charge in [0.15, 0.2) is 0 Å². The minimum Gasteiger partial charge on any atom is -0.379 e. The minimum absolute atomic E-state index is 0.0685. The summed E-state index contributed by atoms with van der Waals surface area (Å²) in [7, 11) is 0. The van der Waals surface area contributed by atoms with Crippen LogP contribution in [0.5, 0.6) is 0 Å². The van der Waals surface area contributed by atoms with Crippen LogP contribution in [0.1, 0.15) is 43.0 Å². The number of nitrogens with zero attached hydrogens (tertiary/aromatic N) is 4. The summed E-state index contributed by atoms with van der Waals surface area (Å²) in [5.74, 6) is -0.939. The molecule has 1 atom stereocenters. The Morgan fingerprint density at radius 3 is 2.47 bits per heavy atom. The molecule has 192 valence electrons. The van der Waals surface area contributed by atoms with Crippen molar-refractivity contribution in [3.63, 3.8) is 0 Å². The van der Waals surface area contributed by atoms with E-state index in [9.17, 15) is 14.0 Å². The van der Waals surface area contributed by atoms with E-state index in [0.29, 0.717) is 44.0 Å². The van der Waals surface area contributed by atoms with E-state index in [0.717, 1.165) is 24.2 Å². The molecule has 0 saturated carbocycles. The number of hydrazone groups is 1. The number of ether oxygens (including phenoxy) is 1. The number of carbonyl (C=O) groups is 2. The fourth-order valence-corrected chi connectivity index (χ4v) is 4.60. The Kier molecular flexibility index (Phi) is 8.48. The van der Waals surface area contributed by atoms with Crippen molar-refractivity contribution in [3.05, 3.63) is 71.0 Å². The summed E-state index contributed by atoms with van der Waals surface area (Å²) in [6.45, 7) is 9.74. The van der Waals surface area contributed by atoms with Gasteiger partial charge in [0, 0.05) is 44.1 Å². The third-order valence-corrected chi connectivity index (χ3v) is 6.73. The Morgan fingerprint density at radius 2 is 1.81 bits per heavy atom. The second-order valence-electron chi connectivity index (χ2n) is 9.76. The zero-order valence-corrected chi connectivity index (χ0v) is 21.3. The SMILES string of the molecule is Cc1ccc([C@H]2CC(c3ccccc3F)=NN2C(=O)CN(CCN2CCOCC2)C(=O)C(C)C)cc1. The van der Waals surface area contributed by atoms with E-state index in [2.05, 4.69) is 10.0 Å². The predicted molar refractivity (Wildman–Crippen MR) is 137 cm³/mol. The van der Waals surface area contributed by atoms with Gasteiger partial charge in [-0.1, -0.05) is 61.9 Å². The summed E-state index contributed by atoms with van der Waals surface area (Å²) in [6, 6.07) is 14.1. The Bertz CT molecular complexity index is 1100. The summed E-state index contributed by atoms with van der Waals surface area (Å²) >= 11 is 0. The van der Waals surface area contributed by atoms with Crippen molar-refractivity contribution in [2.45, 2.75) is 33.2 Å². The van der Waals surface area contributed by atoms with Crippen LogP contribution in [0, 0.1) is 18.7 Å². The molecule has 0 unspecified atom stereocenters. The molecule has 2 aliphatic rings. The highest BCUT2D eigenvalue weighted by molar-refractivity contribution is 6.03. The Balaban J connectivity index is 1.57. The molecule has 7 nitrogen and oxygen atoms in total. The number of hydrogen-bond donors (Lipinski definition) is 0. The lowest BCUT2D eigenvalue weighted by Crippen LogP contribution is -2.47. The predicted octanol–water partition coefficient (Wildman–Crippen LogP) is 3.63. The smallest absolute Gasteiger partial charge is 0.262 e. The monoisotopic (exact) mass is 494 g/mol. The molecule has 2 amide bonds. The van der Waals surface area contributed by atoms with Gasteiger partial charge in [-0.2, -0.15) is 5.10 Å². The molecule has 0 aromatic heterocycles. The first kappa shape index (κ1) is 26.0. The highest BCUT2D eigenvalue weighted by Crippen LogP contribution is 2.33. The van der Waals surface area contributed by atoms with Crippen molar-refractivity contribution in [1.82, 2.24) is 14.8 Å². The van der Waals surface area contributed by atoms with Crippen LogP contribution in [0.15, 0.2) is 53.6 Å². The molecule has 36 heavy (non-hydrogen) atoms. The molecule has 2 aliphatic heterocycles. The lowest BCUT2D eigenvalue weighted by molar-refractivity contribution is -0.143. The molecule has 1 saturated heterocycles. The van der Waals surface area contributed by atoms with Gasteiger partial charge >= 0.3 is 0 Å². The first-order valence-corrected chi connectivity index (χ1v) is 12.6. The number of halogens is 1. The molecule has 4 rings (SSSR count). The van der Waals surface area contributed by atoms with Gasteiger partial charge in [-0.05, 0) is 18.6 Å². The van der Waals surface area contributed by atoms with E-state index in [1.807, 2.05) is 45.0 Å². The van der Waals surface area contributed by atoms with Crippen LogP contribution in [0.4, 0.5) is 4.39 Å². The summed E-state index contributed by atoms with van der Waals surface area (Å²) < 4.78 is 20.0. The topological polar surface area (TPSA) is 65.5 Å². The summed E-state index contributed by atoms with van der Waals surface area (Å²) in [5.41, 5.74) is 2.97. The molecule has 0 radical (unpaired) electrons. The van der Waals surface area contributed by atoms with Crippen LogP contribution in [0.2, 0.25) is 0 Å². The van der Waals surface area contributed by atoms with Crippen molar-refractivity contribution in [3.8, 4) is 0 Å². The molecule has 0 N–H and O–H groups in total. The van der Waals surface area contributed by atoms with Crippen LogP contribution < -0.4 is 0 Å². The fourth-order valence-electron chi connectivity index (χ4n) is 4.60. The van der Waals surface area contributed by atoms with E-state index in [1.165, 1.54) is 11.1 Å². The van der Waals surface area contributed by atoms with Crippen molar-refractivity contribution in [1.29, 1.82) is 0 Å². The van der Waals surface area contributed by atoms with Gasteiger partial charge in [0.25, 0.3) is 5.91 Å². The van der Waals surface area contributed by atoms with Gasteiger partial charge in [-0.25, -0.2) is 9.40 Å². The van der Waals surface area contributed by atoms with Crippen molar-refractivity contribution in [2.75, 3.05) is 45.9 Å². The number of carbonyl (C=O) groups excluding carboxylic acids is 2. The Labute approximate surface area is 212 Å². The molecular formula is C28H35FN4O3. The maximum atomic E-state index is 14.6. The molecule has 2 heterocycles. The molecule has 2 aromatic carbocycles. The standard InChI is InChI=1S/C28H35FN4O3/c1-20(2)28(35)32(13-12-31-14-16-36-17-15-31)19-27(34)33-26(22-10-8-21(3)9-11-22)18-25(30-33)23-6-4-5-7-24(23)29/h4-11,20,26H,12-19H2,1-3H3/t26-/m1/s1. The van der Waals surface area contributed by atoms with Gasteiger partial charge in [0.05, 0.1) is 25.0 Å². The second kappa shape index (κ2) is 11.8. The first-order chi connectivity index (χ1) is 17.3. The van der Waals surface area contributed by atoms with Crippen LogP contribution >= 0.6 is 0 Å². The number of benzene rings is 2. The van der Waals surface area contributed by atoms with Gasteiger partial charge in [0.2, 0.25) is 5.91 Å². The molecule has 0 aliphatic carbocycles. The zero-order chi connectivity index (χ0) is 25.7. The Hall–Kier alpha value is -3.10. The van der Waals surface area contributed by atoms with Gasteiger partial charge in [-0.15, -0.1) is 0 Å². The van der Waals surface area contributed by atoms with E-state index in [4.69, 9.17) is 4.74 Å². The molecular weight excluding hydrogens is 459 g/mol. The van der Waals surface area contributed by atoms with E-state index < -0.39 is 0 Å². The number of hydrogen-bond acceptors (Lipinski definition) is 5. The maximum absolute atomic E-state index is 14.6. The zero-order valence-electron chi connectivity index (χ0n) is 21.3. The quantitative estimate of drug-likeness (QED) is 0.562. The normalized spacial score (nSPS) is 18.4. The van der Waals surface area contributed by atoms with Crippen molar-refractivity contribution >= 4 is 17.5 Å². The maximum Gasteiger partial charge on any atom is 0.262 e. The largest absolute Gasteiger partial charge is 0.379 e. The third-order valence-electron chi connectivity index (χ3n) is 6.73. The van der Waals surface area contributed by atoms with Crippen LogP contribution in [-0.2, 0) is 14.3 Å². The number of morpholine rings is 1. The molecule has 0 bridgehead atoms. The average Bonchev–Trinajstić information content (AvgIpc) is 3.32. The second-order valence-corrected chi connectivity index (χ2v) is 9.76. The summed E-state index contributed by atoms with van der Waals surface area (Å²) in [6.07, 6.45) is 0.404. The number of amides is 2. The van der Waals surface area contributed by atoms with Crippen LogP contribution in [-0.4, -0.2) is 78.3 Å². The molecule has 8 heteroatoms. The third kappa shape index (κ3) is 6.17. The Morgan fingerprint density at radius 1 is 1.11 bits per heavy atom. The van der Waals surface area contributed by atoms with Gasteiger partial charge < -0.3 is 9.64 Å². The molecule has 0 spiro atoms. The lowest BCUT2D eigenvalue weighted by atomic mass is 9.97. The fraction of sp³-hybridized carbons (Fsp3) is 0.464. The van der Waals surface area contributed by atoms with E-state index in [-0.39, 0.29) is 36.1 Å². The van der Waals surface area contributed by atoms with Gasteiger partial charge in [0.1, 0.15) is 12.4 Å². The molecule has 1 fully saturated rings. The highest BCUT2D eigenvalue weighted by atomic mass is 19.1. The number of aryl methyl sites for hydroxylation is 1. The van der Waals surface area contributed by atoms with Crippen LogP contribution in [0.3, 0.4) is 0 Å². The van der Waals surface area contributed by atoms with Gasteiger partial charge in [-0.3, -0.25) is 14.5 Å². The number of rotatable bonds is 8. The average molecular weight is 495 g/mol. The van der Waals surface area contributed by atoms with Crippen molar-refractivity contribution < 1.29 is 18.7 Å². The van der Waals surface area contributed by atoms with E-state index >= 15 is 0 Å². The highest BCUT2D eigenvalue weighted by Gasteiger charge is 2.35. The first-order valence-electron chi connectivity index (χ1n) is 12.6. The molecule has 2 aromatic rings. The minimum atomic E-state index is -0.365. The summed E-state index contributed by atoms with van der Waals surface area (Å²) in [4.78, 5) is 30.5. The lowest BCUT2D eigenvalue weighted by Gasteiger charge is -2.31. The summed E-state index contributed by atoms with van der Waals surface area (Å²) in [5, 5.41) is 6.05.